The van der Waals surface area contributed by atoms with Gasteiger partial charge in [0.15, 0.2) is 0 Å². The highest BCUT2D eigenvalue weighted by Crippen LogP contribution is 2.23. The molecule has 0 aliphatic heterocycles. The summed E-state index contributed by atoms with van der Waals surface area (Å²) in [4.78, 5) is 12.0. The molecule has 1 aromatic heterocycles. The Morgan fingerprint density at radius 3 is 2.41 bits per heavy atom. The van der Waals surface area contributed by atoms with Crippen molar-refractivity contribution < 1.29 is 9.21 Å². The smallest absolute Gasteiger partial charge is 0.238 e. The van der Waals surface area contributed by atoms with Crippen molar-refractivity contribution in [1.82, 2.24) is 5.32 Å². The summed E-state index contributed by atoms with van der Waals surface area (Å²) in [5, 5.41) is 6.02. The van der Waals surface area contributed by atoms with Gasteiger partial charge < -0.3 is 9.73 Å². The van der Waals surface area contributed by atoms with E-state index in [4.69, 9.17) is 4.42 Å². The number of carbonyl (C=O) groups is 1. The number of anilines is 1. The van der Waals surface area contributed by atoms with Crippen LogP contribution in [0.4, 0.5) is 5.69 Å². The van der Waals surface area contributed by atoms with Gasteiger partial charge in [-0.2, -0.15) is 0 Å². The highest BCUT2D eigenvalue weighted by Gasteiger charge is 2.13. The van der Waals surface area contributed by atoms with Crippen LogP contribution in [0.15, 0.2) is 47.1 Å². The number of carbonyl (C=O) groups excluding carboxylic acids is 1. The Bertz CT molecular complexity index is 595. The molecule has 4 heteroatoms. The molecule has 2 N–H and O–H groups in total. The molecule has 0 saturated carbocycles. The fourth-order valence-corrected chi connectivity index (χ4v) is 2.14. The maximum absolute atomic E-state index is 12.0. The molecule has 1 heterocycles. The third-order valence-corrected chi connectivity index (χ3v) is 3.57. The summed E-state index contributed by atoms with van der Waals surface area (Å²) in [5.41, 5.74) is 2.17. The molecule has 1 amide bonds. The monoisotopic (exact) mass is 300 g/mol. The van der Waals surface area contributed by atoms with E-state index in [9.17, 15) is 4.79 Å². The molecule has 0 aliphatic rings. The van der Waals surface area contributed by atoms with E-state index >= 15 is 0 Å². The number of benzene rings is 1. The summed E-state index contributed by atoms with van der Waals surface area (Å²) in [7, 11) is 0. The molecule has 0 saturated heterocycles. The Morgan fingerprint density at radius 1 is 1.18 bits per heavy atom. The quantitative estimate of drug-likeness (QED) is 0.881. The number of hydrogen-bond donors (Lipinski definition) is 2. The molecular formula is C18H24N2O2. The van der Waals surface area contributed by atoms with Gasteiger partial charge in [0.05, 0.1) is 18.8 Å². The summed E-state index contributed by atoms with van der Waals surface area (Å²) >= 11 is 0. The van der Waals surface area contributed by atoms with Crippen molar-refractivity contribution in [3.8, 4) is 0 Å². The van der Waals surface area contributed by atoms with Crippen LogP contribution < -0.4 is 10.6 Å². The van der Waals surface area contributed by atoms with Crippen molar-refractivity contribution in [2.24, 2.45) is 0 Å². The Kier molecular flexibility index (Phi) is 5.03. The van der Waals surface area contributed by atoms with Crippen LogP contribution in [0.25, 0.3) is 0 Å². The lowest BCUT2D eigenvalue weighted by molar-refractivity contribution is -0.115. The zero-order valence-corrected chi connectivity index (χ0v) is 13.6. The minimum atomic E-state index is -0.0677. The van der Waals surface area contributed by atoms with E-state index in [1.165, 1.54) is 5.56 Å². The molecular weight excluding hydrogens is 276 g/mol. The minimum Gasteiger partial charge on any atom is -0.468 e. The molecule has 0 spiro atoms. The van der Waals surface area contributed by atoms with Crippen molar-refractivity contribution in [2.45, 2.75) is 39.2 Å². The zero-order valence-electron chi connectivity index (χ0n) is 13.6. The van der Waals surface area contributed by atoms with Crippen LogP contribution in [0.3, 0.4) is 0 Å². The van der Waals surface area contributed by atoms with Gasteiger partial charge in [-0.25, -0.2) is 0 Å². The minimum absolute atomic E-state index is 0.00372. The second-order valence-corrected chi connectivity index (χ2v) is 6.49. The van der Waals surface area contributed by atoms with Gasteiger partial charge >= 0.3 is 0 Å². The van der Waals surface area contributed by atoms with Crippen LogP contribution in [0.2, 0.25) is 0 Å². The third-order valence-electron chi connectivity index (χ3n) is 3.57. The van der Waals surface area contributed by atoms with Gasteiger partial charge in [-0.3, -0.25) is 10.1 Å². The molecule has 22 heavy (non-hydrogen) atoms. The predicted molar refractivity (Wildman–Crippen MR) is 88.9 cm³/mol. The van der Waals surface area contributed by atoms with E-state index in [2.05, 4.69) is 43.5 Å². The molecule has 2 rings (SSSR count). The van der Waals surface area contributed by atoms with Gasteiger partial charge in [0.25, 0.3) is 0 Å². The first-order valence-electron chi connectivity index (χ1n) is 7.53. The van der Waals surface area contributed by atoms with Crippen molar-refractivity contribution in [1.29, 1.82) is 0 Å². The van der Waals surface area contributed by atoms with Crippen LogP contribution in [0.1, 0.15) is 45.1 Å². The fourth-order valence-electron chi connectivity index (χ4n) is 2.14. The normalized spacial score (nSPS) is 12.9. The molecule has 0 bridgehead atoms. The van der Waals surface area contributed by atoms with Gasteiger partial charge in [-0.05, 0) is 42.2 Å². The number of rotatable bonds is 5. The van der Waals surface area contributed by atoms with E-state index in [1.807, 2.05) is 31.2 Å². The molecule has 4 nitrogen and oxygen atoms in total. The second kappa shape index (κ2) is 6.79. The van der Waals surface area contributed by atoms with Crippen LogP contribution >= 0.6 is 0 Å². The number of nitrogens with one attached hydrogen (secondary N) is 2. The standard InChI is InChI=1S/C18H24N2O2/c1-13(16-6-5-11-22-16)19-12-17(21)20-15-9-7-14(8-10-15)18(2,3)4/h5-11,13,19H,12H2,1-4H3,(H,20,21)/t13-/m0/s1. The Balaban J connectivity index is 1.84. The van der Waals surface area contributed by atoms with Gasteiger partial charge in [0.1, 0.15) is 5.76 Å². The Hall–Kier alpha value is -2.07. The maximum atomic E-state index is 12.0. The zero-order chi connectivity index (χ0) is 16.2. The molecule has 2 aromatic rings. The predicted octanol–water partition coefficient (Wildman–Crippen LogP) is 3.87. The van der Waals surface area contributed by atoms with Gasteiger partial charge in [-0.1, -0.05) is 32.9 Å². The van der Waals surface area contributed by atoms with Crippen LogP contribution in [-0.4, -0.2) is 12.5 Å². The number of amides is 1. The lowest BCUT2D eigenvalue weighted by Crippen LogP contribution is -2.30. The molecule has 0 fully saturated rings. The molecule has 0 aliphatic carbocycles. The number of hydrogen-bond acceptors (Lipinski definition) is 3. The van der Waals surface area contributed by atoms with Gasteiger partial charge in [0.2, 0.25) is 5.91 Å². The average molecular weight is 300 g/mol. The SMILES string of the molecule is C[C@H](NCC(=O)Nc1ccc(C(C)(C)C)cc1)c1ccco1. The van der Waals surface area contributed by atoms with Crippen molar-refractivity contribution in [3.05, 3.63) is 54.0 Å². The first-order chi connectivity index (χ1) is 10.4. The summed E-state index contributed by atoms with van der Waals surface area (Å²) in [6, 6.07) is 11.7. The summed E-state index contributed by atoms with van der Waals surface area (Å²) in [5.74, 6) is 0.754. The van der Waals surface area contributed by atoms with E-state index in [-0.39, 0.29) is 23.9 Å². The van der Waals surface area contributed by atoms with E-state index in [0.717, 1.165) is 11.4 Å². The summed E-state index contributed by atoms with van der Waals surface area (Å²) < 4.78 is 5.30. The maximum Gasteiger partial charge on any atom is 0.238 e. The van der Waals surface area contributed by atoms with Crippen molar-refractivity contribution in [2.75, 3.05) is 11.9 Å². The lowest BCUT2D eigenvalue weighted by atomic mass is 9.87. The highest BCUT2D eigenvalue weighted by molar-refractivity contribution is 5.92. The molecule has 1 aromatic carbocycles. The van der Waals surface area contributed by atoms with Crippen molar-refractivity contribution in [3.63, 3.8) is 0 Å². The topological polar surface area (TPSA) is 54.3 Å². The van der Waals surface area contributed by atoms with E-state index < -0.39 is 0 Å². The average Bonchev–Trinajstić information content (AvgIpc) is 2.98. The number of furan rings is 1. The van der Waals surface area contributed by atoms with Gasteiger partial charge in [-0.15, -0.1) is 0 Å². The van der Waals surface area contributed by atoms with E-state index in [0.29, 0.717) is 0 Å². The summed E-state index contributed by atoms with van der Waals surface area (Å²) in [6.45, 7) is 8.70. The molecule has 1 atom stereocenters. The fraction of sp³-hybridized carbons (Fsp3) is 0.389. The highest BCUT2D eigenvalue weighted by atomic mass is 16.3. The Morgan fingerprint density at radius 2 is 1.86 bits per heavy atom. The van der Waals surface area contributed by atoms with Crippen LogP contribution in [-0.2, 0) is 10.2 Å². The first-order valence-corrected chi connectivity index (χ1v) is 7.53. The first kappa shape index (κ1) is 16.3. The van der Waals surface area contributed by atoms with Crippen LogP contribution in [0.5, 0.6) is 0 Å². The molecule has 0 radical (unpaired) electrons. The molecule has 0 unspecified atom stereocenters. The third kappa shape index (κ3) is 4.46. The Labute approximate surface area is 131 Å². The summed E-state index contributed by atoms with van der Waals surface area (Å²) in [6.07, 6.45) is 1.63. The lowest BCUT2D eigenvalue weighted by Gasteiger charge is -2.19. The van der Waals surface area contributed by atoms with Crippen molar-refractivity contribution >= 4 is 11.6 Å². The van der Waals surface area contributed by atoms with Gasteiger partial charge in [0, 0.05) is 5.69 Å². The molecule has 118 valence electrons. The second-order valence-electron chi connectivity index (χ2n) is 6.49. The van der Waals surface area contributed by atoms with E-state index in [1.54, 1.807) is 6.26 Å². The largest absolute Gasteiger partial charge is 0.468 e. The van der Waals surface area contributed by atoms with Crippen LogP contribution in [0, 0.1) is 0 Å².